The van der Waals surface area contributed by atoms with E-state index in [9.17, 15) is 0 Å². The second-order valence-corrected chi connectivity index (χ2v) is 5.83. The van der Waals surface area contributed by atoms with Crippen molar-refractivity contribution < 1.29 is 4.52 Å². The molecule has 1 aromatic heterocycles. The molecule has 3 rings (SSSR count). The van der Waals surface area contributed by atoms with Crippen molar-refractivity contribution in [1.82, 2.24) is 10.1 Å². The largest absolute Gasteiger partial charge is 0.385 e. The van der Waals surface area contributed by atoms with Gasteiger partial charge in [-0.15, -0.1) is 0 Å². The maximum atomic E-state index is 5.34. The Labute approximate surface area is 117 Å². The van der Waals surface area contributed by atoms with E-state index in [0.717, 1.165) is 35.9 Å². The molecule has 2 heterocycles. The van der Waals surface area contributed by atoms with Crippen LogP contribution in [0.5, 0.6) is 0 Å². The fraction of sp³-hybridized carbons (Fsp3) is 0.429. The van der Waals surface area contributed by atoms with Crippen LogP contribution < -0.4 is 5.32 Å². The molecule has 1 aliphatic rings. The molecule has 0 saturated heterocycles. The predicted molar refractivity (Wildman–Crippen MR) is 78.4 cm³/mol. The summed E-state index contributed by atoms with van der Waals surface area (Å²) in [6.07, 6.45) is 2.29. The first-order valence-electron chi connectivity index (χ1n) is 6.64. The molecule has 0 bridgehead atoms. The van der Waals surface area contributed by atoms with Gasteiger partial charge < -0.3 is 9.84 Å². The number of hydrogen-bond donors (Lipinski definition) is 1. The summed E-state index contributed by atoms with van der Waals surface area (Å²) < 4.78 is 5.34. The van der Waals surface area contributed by atoms with E-state index in [1.807, 2.05) is 6.07 Å². The van der Waals surface area contributed by atoms with E-state index in [0.29, 0.717) is 5.89 Å². The standard InChI is InChI=1S/C14H17N3OS/c1-2-19-9-13-16-14(18-17-13)11-5-6-12-10(8-11)4-3-7-15-12/h5-6,8,15H,2-4,7,9H2,1H3. The van der Waals surface area contributed by atoms with Crippen molar-refractivity contribution in [2.75, 3.05) is 17.6 Å². The third-order valence-electron chi connectivity index (χ3n) is 3.19. The van der Waals surface area contributed by atoms with Gasteiger partial charge in [-0.1, -0.05) is 12.1 Å². The van der Waals surface area contributed by atoms with Crippen LogP contribution in [-0.4, -0.2) is 22.4 Å². The number of nitrogens with one attached hydrogen (secondary N) is 1. The molecule has 0 unspecified atom stereocenters. The van der Waals surface area contributed by atoms with Crippen LogP contribution in [0.2, 0.25) is 0 Å². The second kappa shape index (κ2) is 5.65. The second-order valence-electron chi connectivity index (χ2n) is 4.56. The summed E-state index contributed by atoms with van der Waals surface area (Å²) in [6.45, 7) is 3.19. The average Bonchev–Trinajstić information content (AvgIpc) is 2.93. The number of aryl methyl sites for hydroxylation is 1. The molecule has 0 radical (unpaired) electrons. The number of anilines is 1. The molecule has 1 N–H and O–H groups in total. The highest BCUT2D eigenvalue weighted by Crippen LogP contribution is 2.27. The maximum absolute atomic E-state index is 5.34. The van der Waals surface area contributed by atoms with E-state index in [2.05, 4.69) is 34.5 Å². The van der Waals surface area contributed by atoms with Crippen molar-refractivity contribution in [2.45, 2.75) is 25.5 Å². The lowest BCUT2D eigenvalue weighted by Gasteiger charge is -2.17. The van der Waals surface area contributed by atoms with Crippen molar-refractivity contribution in [3.05, 3.63) is 29.6 Å². The normalized spacial score (nSPS) is 13.9. The third kappa shape index (κ3) is 2.76. The van der Waals surface area contributed by atoms with Gasteiger partial charge in [0.15, 0.2) is 5.82 Å². The van der Waals surface area contributed by atoms with Crippen molar-refractivity contribution in [1.29, 1.82) is 0 Å². The van der Waals surface area contributed by atoms with Crippen molar-refractivity contribution >= 4 is 17.4 Å². The number of rotatable bonds is 4. The molecule has 5 heteroatoms. The zero-order chi connectivity index (χ0) is 13.1. The fourth-order valence-corrected chi connectivity index (χ4v) is 2.74. The van der Waals surface area contributed by atoms with Gasteiger partial charge >= 0.3 is 0 Å². The van der Waals surface area contributed by atoms with Crippen LogP contribution in [0, 0.1) is 0 Å². The topological polar surface area (TPSA) is 51.0 Å². The molecular formula is C14H17N3OS. The lowest BCUT2D eigenvalue weighted by Crippen LogP contribution is -2.11. The first-order valence-corrected chi connectivity index (χ1v) is 7.80. The summed E-state index contributed by atoms with van der Waals surface area (Å²) in [7, 11) is 0. The van der Waals surface area contributed by atoms with Crippen molar-refractivity contribution in [3.63, 3.8) is 0 Å². The zero-order valence-electron chi connectivity index (χ0n) is 11.0. The van der Waals surface area contributed by atoms with E-state index in [-0.39, 0.29) is 0 Å². The molecule has 1 aliphatic heterocycles. The minimum Gasteiger partial charge on any atom is -0.385 e. The van der Waals surface area contributed by atoms with Crippen LogP contribution in [0.15, 0.2) is 22.7 Å². The van der Waals surface area contributed by atoms with E-state index < -0.39 is 0 Å². The van der Waals surface area contributed by atoms with Gasteiger partial charge in [0.1, 0.15) is 0 Å². The molecule has 1 aromatic carbocycles. The molecule has 0 amide bonds. The van der Waals surface area contributed by atoms with Gasteiger partial charge in [-0.3, -0.25) is 0 Å². The summed E-state index contributed by atoms with van der Waals surface area (Å²) in [5, 5.41) is 7.42. The highest BCUT2D eigenvalue weighted by molar-refractivity contribution is 7.98. The highest BCUT2D eigenvalue weighted by atomic mass is 32.2. The Morgan fingerprint density at radius 2 is 2.37 bits per heavy atom. The van der Waals surface area contributed by atoms with Crippen molar-refractivity contribution in [2.24, 2.45) is 0 Å². The van der Waals surface area contributed by atoms with E-state index in [4.69, 9.17) is 4.52 Å². The van der Waals surface area contributed by atoms with Gasteiger partial charge in [-0.05, 0) is 42.4 Å². The van der Waals surface area contributed by atoms with Gasteiger partial charge in [-0.25, -0.2) is 0 Å². The summed E-state index contributed by atoms with van der Waals surface area (Å²) in [5.74, 6) is 3.28. The first kappa shape index (κ1) is 12.5. The molecule has 0 saturated carbocycles. The Morgan fingerprint density at radius 3 is 3.26 bits per heavy atom. The molecule has 4 nitrogen and oxygen atoms in total. The number of aromatic nitrogens is 2. The molecule has 0 atom stereocenters. The predicted octanol–water partition coefficient (Wildman–Crippen LogP) is 3.35. The van der Waals surface area contributed by atoms with Crippen LogP contribution >= 0.6 is 11.8 Å². The van der Waals surface area contributed by atoms with E-state index in [1.54, 1.807) is 11.8 Å². The molecule has 0 aliphatic carbocycles. The van der Waals surface area contributed by atoms with E-state index >= 15 is 0 Å². The van der Waals surface area contributed by atoms with Crippen molar-refractivity contribution in [3.8, 4) is 11.5 Å². The smallest absolute Gasteiger partial charge is 0.257 e. The summed E-state index contributed by atoms with van der Waals surface area (Å²) in [4.78, 5) is 4.45. The van der Waals surface area contributed by atoms with Crippen LogP contribution in [0.3, 0.4) is 0 Å². The number of benzene rings is 1. The van der Waals surface area contributed by atoms with Gasteiger partial charge in [0.05, 0.1) is 5.75 Å². The summed E-state index contributed by atoms with van der Waals surface area (Å²) in [6, 6.07) is 6.31. The Kier molecular flexibility index (Phi) is 3.73. The number of nitrogens with zero attached hydrogens (tertiary/aromatic N) is 2. The first-order chi connectivity index (χ1) is 9.36. The summed E-state index contributed by atoms with van der Waals surface area (Å²) >= 11 is 1.80. The molecule has 100 valence electrons. The Hall–Kier alpha value is -1.49. The minimum atomic E-state index is 0.625. The lowest BCUT2D eigenvalue weighted by molar-refractivity contribution is 0.425. The Balaban J connectivity index is 1.83. The average molecular weight is 275 g/mol. The molecule has 2 aromatic rings. The molecule has 0 fully saturated rings. The van der Waals surface area contributed by atoms with Gasteiger partial charge in [0.25, 0.3) is 5.89 Å². The lowest BCUT2D eigenvalue weighted by atomic mass is 10.0. The third-order valence-corrected chi connectivity index (χ3v) is 4.06. The number of hydrogen-bond acceptors (Lipinski definition) is 5. The molecular weight excluding hydrogens is 258 g/mol. The van der Waals surface area contributed by atoms with Gasteiger partial charge in [0, 0.05) is 17.8 Å². The SMILES string of the molecule is CCSCc1noc(-c2ccc3c(c2)CCCN3)n1. The molecule has 19 heavy (non-hydrogen) atoms. The fourth-order valence-electron chi connectivity index (χ4n) is 2.23. The maximum Gasteiger partial charge on any atom is 0.257 e. The van der Waals surface area contributed by atoms with Crippen LogP contribution in [-0.2, 0) is 12.2 Å². The monoisotopic (exact) mass is 275 g/mol. The van der Waals surface area contributed by atoms with Crippen LogP contribution in [0.25, 0.3) is 11.5 Å². The Morgan fingerprint density at radius 1 is 1.42 bits per heavy atom. The van der Waals surface area contributed by atoms with Gasteiger partial charge in [-0.2, -0.15) is 16.7 Å². The Bertz CT molecular complexity index is 568. The zero-order valence-corrected chi connectivity index (χ0v) is 11.8. The quantitative estimate of drug-likeness (QED) is 0.927. The van der Waals surface area contributed by atoms with Crippen LogP contribution in [0.4, 0.5) is 5.69 Å². The number of thioether (sulfide) groups is 1. The number of fused-ring (bicyclic) bond motifs is 1. The van der Waals surface area contributed by atoms with Gasteiger partial charge in [0.2, 0.25) is 0 Å². The minimum absolute atomic E-state index is 0.625. The molecule has 0 spiro atoms. The van der Waals surface area contributed by atoms with Crippen LogP contribution in [0.1, 0.15) is 24.7 Å². The van der Waals surface area contributed by atoms with E-state index in [1.165, 1.54) is 17.7 Å². The summed E-state index contributed by atoms with van der Waals surface area (Å²) in [5.41, 5.74) is 3.59. The highest BCUT2D eigenvalue weighted by Gasteiger charge is 2.13.